The summed E-state index contributed by atoms with van der Waals surface area (Å²) >= 11 is 0. The maximum absolute atomic E-state index is 12.5. The number of piperazine rings is 1. The van der Waals surface area contributed by atoms with E-state index in [1.54, 1.807) is 6.07 Å². The average Bonchev–Trinajstić information content (AvgIpc) is 2.57. The fourth-order valence-corrected chi connectivity index (χ4v) is 4.10. The van der Waals surface area contributed by atoms with Crippen molar-refractivity contribution in [3.05, 3.63) is 45.2 Å². The Bertz CT molecular complexity index is 958. The zero-order valence-electron chi connectivity index (χ0n) is 15.7. The summed E-state index contributed by atoms with van der Waals surface area (Å²) in [5.74, 6) is 0.212. The average molecular weight is 378 g/mol. The van der Waals surface area contributed by atoms with Gasteiger partial charge in [-0.3, -0.25) is 14.6 Å². The highest BCUT2D eigenvalue weighted by Crippen LogP contribution is 2.18. The van der Waals surface area contributed by atoms with Crippen LogP contribution in [0.15, 0.2) is 23.0 Å². The fourth-order valence-electron chi connectivity index (χ4n) is 3.51. The van der Waals surface area contributed by atoms with E-state index < -0.39 is 9.84 Å². The van der Waals surface area contributed by atoms with E-state index in [9.17, 15) is 13.2 Å². The fraction of sp³-hybridized carbons (Fsp3) is 0.526. The summed E-state index contributed by atoms with van der Waals surface area (Å²) in [5.41, 5.74) is 4.01. The van der Waals surface area contributed by atoms with Gasteiger partial charge in [0.05, 0.1) is 11.3 Å². The van der Waals surface area contributed by atoms with Crippen molar-refractivity contribution in [1.29, 1.82) is 0 Å². The van der Waals surface area contributed by atoms with Gasteiger partial charge in [0.25, 0.3) is 0 Å². The molecule has 2 heterocycles. The van der Waals surface area contributed by atoms with Crippen LogP contribution in [0.5, 0.6) is 0 Å². The summed E-state index contributed by atoms with van der Waals surface area (Å²) in [4.78, 5) is 20.5. The van der Waals surface area contributed by atoms with Gasteiger partial charge in [-0.25, -0.2) is 8.42 Å². The minimum Gasteiger partial charge on any atom is -0.357 e. The van der Waals surface area contributed by atoms with Gasteiger partial charge < -0.3 is 4.98 Å². The van der Waals surface area contributed by atoms with Gasteiger partial charge >= 0.3 is 0 Å². The summed E-state index contributed by atoms with van der Waals surface area (Å²) in [6.45, 7) is 8.73. The summed E-state index contributed by atoms with van der Waals surface area (Å²) in [7, 11) is -2.91. The minimum atomic E-state index is -2.91. The summed E-state index contributed by atoms with van der Waals surface area (Å²) in [6, 6.07) is 5.74. The lowest BCUT2D eigenvalue weighted by Crippen LogP contribution is -2.47. The van der Waals surface area contributed by atoms with E-state index in [1.807, 2.05) is 26.0 Å². The topological polar surface area (TPSA) is 73.5 Å². The van der Waals surface area contributed by atoms with Gasteiger partial charge in [0.1, 0.15) is 9.84 Å². The standard InChI is InChI=1S/C19H27N3O3S/c1-14-4-5-15(2)19-18(14)17(23)12-16(20-19)13-22-8-6-21(7-9-22)10-11-26(3,24)25/h4-5,12H,6-11,13H2,1-3H3,(H,20,23). The zero-order valence-corrected chi connectivity index (χ0v) is 16.5. The van der Waals surface area contributed by atoms with E-state index in [0.29, 0.717) is 13.1 Å². The molecule has 26 heavy (non-hydrogen) atoms. The molecule has 0 atom stereocenters. The molecule has 6 nitrogen and oxygen atoms in total. The molecule has 0 radical (unpaired) electrons. The highest BCUT2D eigenvalue weighted by atomic mass is 32.2. The molecule has 2 aromatic rings. The lowest BCUT2D eigenvalue weighted by atomic mass is 10.0. The molecule has 7 heteroatoms. The molecule has 0 amide bonds. The number of hydrogen-bond donors (Lipinski definition) is 1. The number of aromatic nitrogens is 1. The second-order valence-corrected chi connectivity index (χ2v) is 9.62. The van der Waals surface area contributed by atoms with E-state index in [1.165, 1.54) is 6.26 Å². The normalized spacial score (nSPS) is 17.0. The minimum absolute atomic E-state index is 0.0711. The van der Waals surface area contributed by atoms with E-state index in [2.05, 4.69) is 14.8 Å². The molecule has 1 aliphatic heterocycles. The van der Waals surface area contributed by atoms with Crippen molar-refractivity contribution >= 4 is 20.7 Å². The predicted octanol–water partition coefficient (Wildman–Crippen LogP) is 1.31. The first-order valence-corrected chi connectivity index (χ1v) is 11.0. The Morgan fingerprint density at radius 1 is 1.04 bits per heavy atom. The Balaban J connectivity index is 1.67. The van der Waals surface area contributed by atoms with Crippen molar-refractivity contribution in [1.82, 2.24) is 14.8 Å². The lowest BCUT2D eigenvalue weighted by Gasteiger charge is -2.34. The summed E-state index contributed by atoms with van der Waals surface area (Å²) in [5, 5.41) is 0.777. The number of fused-ring (bicyclic) bond motifs is 1. The first kappa shape index (κ1) is 19.1. The van der Waals surface area contributed by atoms with Gasteiger partial charge in [0, 0.05) is 62.7 Å². The number of nitrogens with zero attached hydrogens (tertiary/aromatic N) is 2. The number of H-pyrrole nitrogens is 1. The van der Waals surface area contributed by atoms with Crippen LogP contribution in [0.4, 0.5) is 0 Å². The van der Waals surface area contributed by atoms with Crippen molar-refractivity contribution < 1.29 is 8.42 Å². The Kier molecular flexibility index (Phi) is 5.50. The molecular weight excluding hydrogens is 350 g/mol. The second-order valence-electron chi connectivity index (χ2n) is 7.36. The molecule has 0 spiro atoms. The third-order valence-electron chi connectivity index (χ3n) is 5.10. The van der Waals surface area contributed by atoms with Crippen molar-refractivity contribution in [3.63, 3.8) is 0 Å². The van der Waals surface area contributed by atoms with Crippen LogP contribution < -0.4 is 5.43 Å². The van der Waals surface area contributed by atoms with Crippen LogP contribution in [0.25, 0.3) is 10.9 Å². The van der Waals surface area contributed by atoms with Gasteiger partial charge in [-0.05, 0) is 25.0 Å². The van der Waals surface area contributed by atoms with E-state index >= 15 is 0 Å². The molecule has 142 valence electrons. The monoisotopic (exact) mass is 377 g/mol. The summed E-state index contributed by atoms with van der Waals surface area (Å²) < 4.78 is 22.6. The number of nitrogens with one attached hydrogen (secondary N) is 1. The molecule has 0 unspecified atom stereocenters. The lowest BCUT2D eigenvalue weighted by molar-refractivity contribution is 0.131. The quantitative estimate of drug-likeness (QED) is 0.850. The largest absolute Gasteiger partial charge is 0.357 e. The number of benzene rings is 1. The molecule has 1 N–H and O–H groups in total. The second kappa shape index (κ2) is 7.50. The highest BCUT2D eigenvalue weighted by Gasteiger charge is 2.19. The molecular formula is C19H27N3O3S. The number of sulfone groups is 1. The molecule has 1 aromatic carbocycles. The zero-order chi connectivity index (χ0) is 18.9. The van der Waals surface area contributed by atoms with Crippen molar-refractivity contribution in [2.45, 2.75) is 20.4 Å². The number of aryl methyl sites for hydroxylation is 2. The van der Waals surface area contributed by atoms with Gasteiger partial charge in [0.15, 0.2) is 5.43 Å². The number of hydrogen-bond acceptors (Lipinski definition) is 5. The Morgan fingerprint density at radius 2 is 1.65 bits per heavy atom. The summed E-state index contributed by atoms with van der Waals surface area (Å²) in [6.07, 6.45) is 1.28. The molecule has 1 aliphatic rings. The van der Waals surface area contributed by atoms with Gasteiger partial charge in [0.2, 0.25) is 0 Å². The Labute approximate surface area is 154 Å². The SMILES string of the molecule is Cc1ccc(C)c2c(=O)cc(CN3CCN(CCS(C)(=O)=O)CC3)[nH]c12. The van der Waals surface area contributed by atoms with E-state index in [4.69, 9.17) is 0 Å². The molecule has 1 aromatic heterocycles. The number of pyridine rings is 1. The maximum Gasteiger partial charge on any atom is 0.189 e. The van der Waals surface area contributed by atoms with E-state index in [-0.39, 0.29) is 11.2 Å². The third-order valence-corrected chi connectivity index (χ3v) is 6.02. The number of aromatic amines is 1. The van der Waals surface area contributed by atoms with Gasteiger partial charge in [-0.15, -0.1) is 0 Å². The molecule has 1 fully saturated rings. The van der Waals surface area contributed by atoms with Crippen LogP contribution in [0.3, 0.4) is 0 Å². The van der Waals surface area contributed by atoms with Crippen molar-refractivity contribution in [2.75, 3.05) is 44.7 Å². The first-order valence-electron chi connectivity index (χ1n) is 8.97. The molecule has 3 rings (SSSR count). The maximum atomic E-state index is 12.5. The van der Waals surface area contributed by atoms with Gasteiger partial charge in [-0.1, -0.05) is 12.1 Å². The van der Waals surface area contributed by atoms with Gasteiger partial charge in [-0.2, -0.15) is 0 Å². The van der Waals surface area contributed by atoms with Crippen molar-refractivity contribution in [3.8, 4) is 0 Å². The van der Waals surface area contributed by atoms with E-state index in [0.717, 1.165) is 53.9 Å². The van der Waals surface area contributed by atoms with Crippen LogP contribution in [0.1, 0.15) is 16.8 Å². The molecule has 0 aliphatic carbocycles. The smallest absolute Gasteiger partial charge is 0.189 e. The Morgan fingerprint density at radius 3 is 2.31 bits per heavy atom. The van der Waals surface area contributed by atoms with Crippen molar-refractivity contribution in [2.24, 2.45) is 0 Å². The molecule has 0 saturated carbocycles. The first-order chi connectivity index (χ1) is 12.2. The van der Waals surface area contributed by atoms with Crippen LogP contribution in [0, 0.1) is 13.8 Å². The molecule has 1 saturated heterocycles. The van der Waals surface area contributed by atoms with Crippen LogP contribution >= 0.6 is 0 Å². The third kappa shape index (κ3) is 4.52. The van der Waals surface area contributed by atoms with Crippen LogP contribution in [-0.4, -0.2) is 67.9 Å². The predicted molar refractivity (Wildman–Crippen MR) is 105 cm³/mol. The molecule has 0 bridgehead atoms. The highest BCUT2D eigenvalue weighted by molar-refractivity contribution is 7.90. The van der Waals surface area contributed by atoms with Crippen LogP contribution in [0.2, 0.25) is 0 Å². The number of rotatable bonds is 5. The van der Waals surface area contributed by atoms with Crippen LogP contribution in [-0.2, 0) is 16.4 Å². The Hall–Kier alpha value is -1.70.